The van der Waals surface area contributed by atoms with Gasteiger partial charge in [-0.1, -0.05) is 20.3 Å². The minimum absolute atomic E-state index is 0.132. The SMILES string of the molecule is CCC(C)C(N)C(=O)Nc1ccc2c(c1)nc(C1CC1)n2C. The molecular weight excluding hydrogens is 276 g/mol. The number of imidazole rings is 1. The molecule has 1 aromatic heterocycles. The van der Waals surface area contributed by atoms with Gasteiger partial charge in [0, 0.05) is 18.7 Å². The molecule has 1 heterocycles. The van der Waals surface area contributed by atoms with Gasteiger partial charge in [0.25, 0.3) is 0 Å². The molecule has 2 aromatic rings. The van der Waals surface area contributed by atoms with Crippen LogP contribution in [0.5, 0.6) is 0 Å². The van der Waals surface area contributed by atoms with Crippen LogP contribution < -0.4 is 11.1 Å². The van der Waals surface area contributed by atoms with E-state index in [0.29, 0.717) is 5.92 Å². The molecule has 22 heavy (non-hydrogen) atoms. The molecule has 2 unspecified atom stereocenters. The van der Waals surface area contributed by atoms with E-state index in [9.17, 15) is 4.79 Å². The lowest BCUT2D eigenvalue weighted by Gasteiger charge is -2.17. The Labute approximate surface area is 130 Å². The van der Waals surface area contributed by atoms with Gasteiger partial charge in [0.15, 0.2) is 0 Å². The van der Waals surface area contributed by atoms with Gasteiger partial charge < -0.3 is 15.6 Å². The van der Waals surface area contributed by atoms with Gasteiger partial charge in [-0.3, -0.25) is 4.79 Å². The number of hydrogen-bond donors (Lipinski definition) is 2. The van der Waals surface area contributed by atoms with Crippen LogP contribution in [0.1, 0.15) is 44.9 Å². The Hall–Kier alpha value is -1.88. The van der Waals surface area contributed by atoms with Crippen LogP contribution in [0.3, 0.4) is 0 Å². The van der Waals surface area contributed by atoms with E-state index in [2.05, 4.69) is 16.9 Å². The second kappa shape index (κ2) is 5.72. The van der Waals surface area contributed by atoms with Crippen LogP contribution in [0.2, 0.25) is 0 Å². The van der Waals surface area contributed by atoms with Crippen molar-refractivity contribution in [1.82, 2.24) is 9.55 Å². The summed E-state index contributed by atoms with van der Waals surface area (Å²) in [6, 6.07) is 5.38. The Balaban J connectivity index is 1.81. The number of aryl methyl sites for hydroxylation is 1. The van der Waals surface area contributed by atoms with Crippen molar-refractivity contribution < 1.29 is 4.79 Å². The second-order valence-corrected chi connectivity index (χ2v) is 6.41. The minimum Gasteiger partial charge on any atom is -0.331 e. The summed E-state index contributed by atoms with van der Waals surface area (Å²) in [7, 11) is 2.06. The molecule has 1 fully saturated rings. The predicted octanol–water partition coefficient (Wildman–Crippen LogP) is 2.76. The number of hydrogen-bond acceptors (Lipinski definition) is 3. The molecule has 1 aliphatic carbocycles. The van der Waals surface area contributed by atoms with Crippen molar-refractivity contribution in [2.75, 3.05) is 5.32 Å². The summed E-state index contributed by atoms with van der Waals surface area (Å²) in [5.41, 5.74) is 8.77. The first-order valence-electron chi connectivity index (χ1n) is 8.04. The molecule has 1 amide bonds. The summed E-state index contributed by atoms with van der Waals surface area (Å²) in [5.74, 6) is 1.79. The quantitative estimate of drug-likeness (QED) is 0.891. The molecule has 0 saturated heterocycles. The average Bonchev–Trinajstić information content (AvgIpc) is 3.30. The number of nitrogens with zero attached hydrogens (tertiary/aromatic N) is 2. The average molecular weight is 300 g/mol. The Morgan fingerprint density at radius 1 is 1.50 bits per heavy atom. The highest BCUT2D eigenvalue weighted by atomic mass is 16.2. The Kier molecular flexibility index (Phi) is 3.91. The third-order valence-corrected chi connectivity index (χ3v) is 4.69. The highest BCUT2D eigenvalue weighted by Crippen LogP contribution is 2.40. The van der Waals surface area contributed by atoms with Crippen molar-refractivity contribution in [2.24, 2.45) is 18.7 Å². The standard InChI is InChI=1S/C17H24N4O/c1-4-10(2)15(18)17(22)19-12-7-8-14-13(9-12)20-16(21(14)3)11-5-6-11/h7-11,15H,4-6,18H2,1-3H3,(H,19,22). The van der Waals surface area contributed by atoms with E-state index < -0.39 is 6.04 Å². The van der Waals surface area contributed by atoms with Crippen LogP contribution >= 0.6 is 0 Å². The largest absolute Gasteiger partial charge is 0.331 e. The van der Waals surface area contributed by atoms with Crippen LogP contribution in [0.15, 0.2) is 18.2 Å². The molecule has 3 rings (SSSR count). The number of rotatable bonds is 5. The molecule has 2 atom stereocenters. The topological polar surface area (TPSA) is 72.9 Å². The summed E-state index contributed by atoms with van der Waals surface area (Å²) in [5, 5.41) is 2.91. The number of benzene rings is 1. The fourth-order valence-electron chi connectivity index (χ4n) is 2.74. The third-order valence-electron chi connectivity index (χ3n) is 4.69. The molecule has 3 N–H and O–H groups in total. The Bertz CT molecular complexity index is 702. The minimum atomic E-state index is -0.480. The summed E-state index contributed by atoms with van der Waals surface area (Å²) in [6.45, 7) is 4.03. The number of nitrogens with two attached hydrogens (primary N) is 1. The number of amides is 1. The van der Waals surface area contributed by atoms with Crippen molar-refractivity contribution >= 4 is 22.6 Å². The van der Waals surface area contributed by atoms with E-state index in [0.717, 1.165) is 29.0 Å². The van der Waals surface area contributed by atoms with Crippen LogP contribution in [-0.4, -0.2) is 21.5 Å². The van der Waals surface area contributed by atoms with Crippen molar-refractivity contribution in [3.63, 3.8) is 0 Å². The maximum absolute atomic E-state index is 12.2. The molecule has 0 radical (unpaired) electrons. The Morgan fingerprint density at radius 3 is 2.86 bits per heavy atom. The Morgan fingerprint density at radius 2 is 2.23 bits per heavy atom. The molecule has 5 heteroatoms. The highest BCUT2D eigenvalue weighted by Gasteiger charge is 2.28. The van der Waals surface area contributed by atoms with Gasteiger partial charge in [-0.2, -0.15) is 0 Å². The third kappa shape index (κ3) is 2.73. The first-order valence-corrected chi connectivity index (χ1v) is 8.04. The van der Waals surface area contributed by atoms with Crippen molar-refractivity contribution in [1.29, 1.82) is 0 Å². The molecular formula is C17H24N4O. The second-order valence-electron chi connectivity index (χ2n) is 6.41. The summed E-state index contributed by atoms with van der Waals surface area (Å²) in [4.78, 5) is 16.9. The molecule has 0 spiro atoms. The van der Waals surface area contributed by atoms with Crippen molar-refractivity contribution in [3.05, 3.63) is 24.0 Å². The summed E-state index contributed by atoms with van der Waals surface area (Å²) >= 11 is 0. The molecule has 1 aliphatic rings. The van der Waals surface area contributed by atoms with E-state index in [1.54, 1.807) is 0 Å². The van der Waals surface area contributed by atoms with Gasteiger partial charge in [0.1, 0.15) is 5.82 Å². The number of nitrogens with one attached hydrogen (secondary N) is 1. The van der Waals surface area contributed by atoms with Gasteiger partial charge >= 0.3 is 0 Å². The smallest absolute Gasteiger partial charge is 0.241 e. The molecule has 0 aliphatic heterocycles. The number of aromatic nitrogens is 2. The van der Waals surface area contributed by atoms with Gasteiger partial charge in [0.2, 0.25) is 5.91 Å². The number of fused-ring (bicyclic) bond motifs is 1. The van der Waals surface area contributed by atoms with Gasteiger partial charge in [-0.05, 0) is 37.0 Å². The lowest BCUT2D eigenvalue weighted by atomic mass is 9.99. The van der Waals surface area contributed by atoms with Gasteiger partial charge in [-0.25, -0.2) is 4.98 Å². The van der Waals surface area contributed by atoms with E-state index in [-0.39, 0.29) is 11.8 Å². The number of carbonyl (C=O) groups excluding carboxylic acids is 1. The maximum atomic E-state index is 12.2. The van der Waals surface area contributed by atoms with Crippen molar-refractivity contribution in [2.45, 2.75) is 45.1 Å². The van der Waals surface area contributed by atoms with E-state index in [1.165, 1.54) is 12.8 Å². The molecule has 1 saturated carbocycles. The fraction of sp³-hybridized carbons (Fsp3) is 0.529. The summed E-state index contributed by atoms with van der Waals surface area (Å²) < 4.78 is 2.16. The van der Waals surface area contributed by atoms with Crippen LogP contribution in [0, 0.1) is 5.92 Å². The van der Waals surface area contributed by atoms with Gasteiger partial charge in [-0.15, -0.1) is 0 Å². The number of carbonyl (C=O) groups is 1. The molecule has 5 nitrogen and oxygen atoms in total. The lowest BCUT2D eigenvalue weighted by Crippen LogP contribution is -2.40. The van der Waals surface area contributed by atoms with E-state index >= 15 is 0 Å². The zero-order valence-electron chi connectivity index (χ0n) is 13.5. The van der Waals surface area contributed by atoms with Crippen LogP contribution in [-0.2, 0) is 11.8 Å². The first kappa shape index (κ1) is 15.0. The van der Waals surface area contributed by atoms with E-state index in [1.807, 2.05) is 32.0 Å². The fourth-order valence-corrected chi connectivity index (χ4v) is 2.74. The number of anilines is 1. The first-order chi connectivity index (χ1) is 10.5. The predicted molar refractivity (Wildman–Crippen MR) is 88.7 cm³/mol. The highest BCUT2D eigenvalue weighted by molar-refractivity contribution is 5.96. The van der Waals surface area contributed by atoms with E-state index in [4.69, 9.17) is 10.7 Å². The van der Waals surface area contributed by atoms with Crippen LogP contribution in [0.4, 0.5) is 5.69 Å². The monoisotopic (exact) mass is 300 g/mol. The van der Waals surface area contributed by atoms with Crippen molar-refractivity contribution in [3.8, 4) is 0 Å². The maximum Gasteiger partial charge on any atom is 0.241 e. The van der Waals surface area contributed by atoms with Gasteiger partial charge in [0.05, 0.1) is 17.1 Å². The lowest BCUT2D eigenvalue weighted by molar-refractivity contribution is -0.118. The molecule has 118 valence electrons. The zero-order chi connectivity index (χ0) is 15.9. The van der Waals surface area contributed by atoms with Crippen LogP contribution in [0.25, 0.3) is 11.0 Å². The zero-order valence-corrected chi connectivity index (χ0v) is 13.5. The normalized spacial score (nSPS) is 17.5. The summed E-state index contributed by atoms with van der Waals surface area (Å²) in [6.07, 6.45) is 3.34. The molecule has 0 bridgehead atoms. The molecule has 1 aromatic carbocycles.